The fourth-order valence-electron chi connectivity index (χ4n) is 3.35. The summed E-state index contributed by atoms with van der Waals surface area (Å²) in [5, 5.41) is 0. The van der Waals surface area contributed by atoms with Gasteiger partial charge in [0.15, 0.2) is 0 Å². The van der Waals surface area contributed by atoms with Gasteiger partial charge in [-0.1, -0.05) is 52.0 Å². The molecule has 22 heavy (non-hydrogen) atoms. The Balaban J connectivity index is 2.20. The number of fused-ring (bicyclic) bond motifs is 1. The molecular formula is C20H24N2. The Morgan fingerprint density at radius 3 is 2.36 bits per heavy atom. The van der Waals surface area contributed by atoms with E-state index >= 15 is 0 Å². The molecule has 0 spiro atoms. The molecule has 1 aromatic heterocycles. The van der Waals surface area contributed by atoms with E-state index in [0.717, 1.165) is 36.4 Å². The summed E-state index contributed by atoms with van der Waals surface area (Å²) in [6, 6.07) is 10.7. The molecule has 0 saturated heterocycles. The normalized spacial score (nSPS) is 17.7. The average molecular weight is 292 g/mol. The predicted molar refractivity (Wildman–Crippen MR) is 93.1 cm³/mol. The van der Waals surface area contributed by atoms with E-state index in [4.69, 9.17) is 4.99 Å². The quantitative estimate of drug-likeness (QED) is 0.789. The number of pyridine rings is 1. The summed E-state index contributed by atoms with van der Waals surface area (Å²) in [6.07, 6.45) is 4.91. The molecule has 0 saturated carbocycles. The van der Waals surface area contributed by atoms with E-state index in [1.54, 1.807) is 0 Å². The fourth-order valence-corrected chi connectivity index (χ4v) is 3.35. The van der Waals surface area contributed by atoms with E-state index in [9.17, 15) is 0 Å². The van der Waals surface area contributed by atoms with Crippen LogP contribution in [0.3, 0.4) is 0 Å². The lowest BCUT2D eigenvalue weighted by molar-refractivity contribution is 0.540. The lowest BCUT2D eigenvalue weighted by atomic mass is 9.88. The maximum absolute atomic E-state index is 5.15. The van der Waals surface area contributed by atoms with Crippen LogP contribution in [0, 0.1) is 5.41 Å². The van der Waals surface area contributed by atoms with Crippen LogP contribution in [0.5, 0.6) is 0 Å². The zero-order valence-corrected chi connectivity index (χ0v) is 14.0. The summed E-state index contributed by atoms with van der Waals surface area (Å²) in [7, 11) is 0. The van der Waals surface area contributed by atoms with Crippen molar-refractivity contribution in [3.8, 4) is 0 Å². The third-order valence-electron chi connectivity index (χ3n) is 4.58. The molecule has 2 nitrogen and oxygen atoms in total. The van der Waals surface area contributed by atoms with E-state index in [0.29, 0.717) is 0 Å². The first-order valence-electron chi connectivity index (χ1n) is 8.21. The number of rotatable bonds is 3. The zero-order chi connectivity index (χ0) is 15.7. The van der Waals surface area contributed by atoms with Gasteiger partial charge in [-0.2, -0.15) is 0 Å². The van der Waals surface area contributed by atoms with Crippen LogP contribution in [0.25, 0.3) is 0 Å². The SMILES string of the molecule is CCc1cccc(CC)c1N=C1c2ncccc2CC1(C)C. The monoisotopic (exact) mass is 292 g/mol. The van der Waals surface area contributed by atoms with Crippen LogP contribution < -0.4 is 0 Å². The largest absolute Gasteiger partial charge is 0.255 e. The second-order valence-corrected chi connectivity index (χ2v) is 6.66. The van der Waals surface area contributed by atoms with Crippen LogP contribution >= 0.6 is 0 Å². The highest BCUT2D eigenvalue weighted by atomic mass is 14.8. The van der Waals surface area contributed by atoms with Crippen molar-refractivity contribution < 1.29 is 0 Å². The molecule has 114 valence electrons. The standard InChI is InChI=1S/C20H24N2/c1-5-14-9-7-10-15(6-2)17(14)22-19-18-16(11-8-12-21-18)13-20(19,3)4/h7-12H,5-6,13H2,1-4H3. The van der Waals surface area contributed by atoms with Crippen molar-refractivity contribution in [3.63, 3.8) is 0 Å². The molecule has 0 fully saturated rings. The van der Waals surface area contributed by atoms with Gasteiger partial charge < -0.3 is 0 Å². The number of para-hydroxylation sites is 1. The molecule has 1 heterocycles. The first kappa shape index (κ1) is 15.0. The molecule has 0 unspecified atom stereocenters. The van der Waals surface area contributed by atoms with Crippen LogP contribution in [-0.4, -0.2) is 10.7 Å². The number of hydrogen-bond acceptors (Lipinski definition) is 2. The highest BCUT2D eigenvalue weighted by Gasteiger charge is 2.36. The molecular weight excluding hydrogens is 268 g/mol. The minimum atomic E-state index is 0.0442. The molecule has 1 aromatic carbocycles. The van der Waals surface area contributed by atoms with Crippen molar-refractivity contribution in [3.05, 3.63) is 58.9 Å². The molecule has 0 bridgehead atoms. The molecule has 0 radical (unpaired) electrons. The average Bonchev–Trinajstić information content (AvgIpc) is 2.78. The van der Waals surface area contributed by atoms with E-state index in [1.807, 2.05) is 12.3 Å². The summed E-state index contributed by atoms with van der Waals surface area (Å²) in [5.41, 5.74) is 7.40. The molecule has 1 aliphatic rings. The van der Waals surface area contributed by atoms with Gasteiger partial charge >= 0.3 is 0 Å². The van der Waals surface area contributed by atoms with E-state index in [1.165, 1.54) is 16.7 Å². The second-order valence-electron chi connectivity index (χ2n) is 6.66. The summed E-state index contributed by atoms with van der Waals surface area (Å²) in [4.78, 5) is 9.76. The van der Waals surface area contributed by atoms with Gasteiger partial charge in [0, 0.05) is 11.6 Å². The van der Waals surface area contributed by atoms with Gasteiger partial charge in [0.05, 0.1) is 17.1 Å². The van der Waals surface area contributed by atoms with E-state index < -0.39 is 0 Å². The first-order valence-corrected chi connectivity index (χ1v) is 8.21. The molecule has 3 rings (SSSR count). The van der Waals surface area contributed by atoms with Crippen LogP contribution in [0.15, 0.2) is 41.5 Å². The van der Waals surface area contributed by atoms with Gasteiger partial charge in [-0.25, -0.2) is 0 Å². The van der Waals surface area contributed by atoms with Crippen molar-refractivity contribution in [2.24, 2.45) is 10.4 Å². The Bertz CT molecular complexity index is 704. The number of hydrogen-bond donors (Lipinski definition) is 0. The molecule has 2 aromatic rings. The number of benzene rings is 1. The van der Waals surface area contributed by atoms with Crippen molar-refractivity contribution in [1.82, 2.24) is 4.98 Å². The number of aliphatic imine (C=N–C) groups is 1. The minimum absolute atomic E-state index is 0.0442. The lowest BCUT2D eigenvalue weighted by Gasteiger charge is -2.19. The summed E-state index contributed by atoms with van der Waals surface area (Å²) < 4.78 is 0. The van der Waals surface area contributed by atoms with E-state index in [-0.39, 0.29) is 5.41 Å². The van der Waals surface area contributed by atoms with Crippen LogP contribution in [-0.2, 0) is 19.3 Å². The Hall–Kier alpha value is -1.96. The molecule has 0 atom stereocenters. The van der Waals surface area contributed by atoms with Crippen molar-refractivity contribution in [2.45, 2.75) is 47.0 Å². The second kappa shape index (κ2) is 5.68. The van der Waals surface area contributed by atoms with Gasteiger partial charge in [0.25, 0.3) is 0 Å². The number of nitrogens with zero attached hydrogens (tertiary/aromatic N) is 2. The topological polar surface area (TPSA) is 25.2 Å². The highest BCUT2D eigenvalue weighted by Crippen LogP contribution is 2.38. The first-order chi connectivity index (χ1) is 10.6. The number of aromatic nitrogens is 1. The number of aryl methyl sites for hydroxylation is 2. The van der Waals surface area contributed by atoms with Crippen LogP contribution in [0.1, 0.15) is 50.1 Å². The Morgan fingerprint density at radius 2 is 1.73 bits per heavy atom. The van der Waals surface area contributed by atoms with Crippen LogP contribution in [0.2, 0.25) is 0 Å². The molecule has 0 N–H and O–H groups in total. The van der Waals surface area contributed by atoms with Crippen molar-refractivity contribution in [2.75, 3.05) is 0 Å². The predicted octanol–water partition coefficient (Wildman–Crippen LogP) is 4.91. The maximum Gasteiger partial charge on any atom is 0.0882 e. The summed E-state index contributed by atoms with van der Waals surface area (Å²) in [5.74, 6) is 0. The molecule has 2 heteroatoms. The fraction of sp³-hybridized carbons (Fsp3) is 0.400. The van der Waals surface area contributed by atoms with Crippen LogP contribution in [0.4, 0.5) is 5.69 Å². The lowest BCUT2D eigenvalue weighted by Crippen LogP contribution is -2.21. The van der Waals surface area contributed by atoms with Gasteiger partial charge in [0.2, 0.25) is 0 Å². The molecule has 0 amide bonds. The minimum Gasteiger partial charge on any atom is -0.255 e. The Kier molecular flexibility index (Phi) is 3.86. The maximum atomic E-state index is 5.15. The Labute approximate surface area is 133 Å². The van der Waals surface area contributed by atoms with Crippen molar-refractivity contribution in [1.29, 1.82) is 0 Å². The zero-order valence-electron chi connectivity index (χ0n) is 14.0. The van der Waals surface area contributed by atoms with Gasteiger partial charge in [-0.05, 0) is 42.0 Å². The van der Waals surface area contributed by atoms with Gasteiger partial charge in [-0.3, -0.25) is 9.98 Å². The molecule has 0 aliphatic heterocycles. The summed E-state index contributed by atoms with van der Waals surface area (Å²) >= 11 is 0. The van der Waals surface area contributed by atoms with Gasteiger partial charge in [-0.15, -0.1) is 0 Å². The summed E-state index contributed by atoms with van der Waals surface area (Å²) in [6.45, 7) is 8.94. The van der Waals surface area contributed by atoms with Gasteiger partial charge in [0.1, 0.15) is 0 Å². The smallest absolute Gasteiger partial charge is 0.0882 e. The third kappa shape index (κ3) is 2.47. The Morgan fingerprint density at radius 1 is 1.05 bits per heavy atom. The van der Waals surface area contributed by atoms with Crippen molar-refractivity contribution >= 4 is 11.4 Å². The molecule has 1 aliphatic carbocycles. The van der Waals surface area contributed by atoms with E-state index in [2.05, 4.69) is 56.9 Å². The highest BCUT2D eigenvalue weighted by molar-refractivity contribution is 6.08. The third-order valence-corrected chi connectivity index (χ3v) is 4.58.